The molecule has 4 aromatic carbocycles. The van der Waals surface area contributed by atoms with E-state index in [4.69, 9.17) is 0 Å². The van der Waals surface area contributed by atoms with Gasteiger partial charge in [0.2, 0.25) is 0 Å². The normalized spacial score (nSPS) is 15.1. The van der Waals surface area contributed by atoms with Gasteiger partial charge in [-0.25, -0.2) is 0 Å². The molecule has 9 heterocycles. The van der Waals surface area contributed by atoms with Crippen LogP contribution in [0, 0.1) is 6.92 Å². The number of aryl methyl sites for hydroxylation is 1. The van der Waals surface area contributed by atoms with Crippen LogP contribution in [0.25, 0.3) is 102 Å². The first-order valence-corrected chi connectivity index (χ1v) is 34.9. The fourth-order valence-corrected chi connectivity index (χ4v) is 21.5. The van der Waals surface area contributed by atoms with Crippen molar-refractivity contribution in [2.45, 2.75) is 128 Å². The van der Waals surface area contributed by atoms with Crippen LogP contribution in [0.4, 0.5) is 0 Å². The van der Waals surface area contributed by atoms with Crippen LogP contribution in [0.3, 0.4) is 0 Å². The van der Waals surface area contributed by atoms with E-state index in [0.29, 0.717) is 0 Å². The average molecular weight is 1210 g/mol. The maximum absolute atomic E-state index is 2.57. The molecule has 80 heavy (non-hydrogen) atoms. The van der Waals surface area contributed by atoms with Crippen molar-refractivity contribution >= 4 is 124 Å². The third-order valence-electron chi connectivity index (χ3n) is 15.5. The molecule has 8 aromatic heterocycles. The molecule has 0 aliphatic carbocycles. The number of fused-ring (bicyclic) bond motifs is 1. The largest absolute Gasteiger partial charge is 0.139 e. The summed E-state index contributed by atoms with van der Waals surface area (Å²) in [6.07, 6.45) is 0. The van der Waals surface area contributed by atoms with E-state index in [2.05, 4.69) is 254 Å². The second-order valence-electron chi connectivity index (χ2n) is 25.9. The Morgan fingerprint density at radius 2 is 0.600 bits per heavy atom. The van der Waals surface area contributed by atoms with Gasteiger partial charge in [0.15, 0.2) is 0 Å². The first kappa shape index (κ1) is 54.6. The van der Waals surface area contributed by atoms with E-state index in [1.807, 2.05) is 90.7 Å². The Morgan fingerprint density at radius 3 is 0.975 bits per heavy atom. The van der Waals surface area contributed by atoms with E-state index in [-0.39, 0.29) is 21.7 Å². The summed E-state index contributed by atoms with van der Waals surface area (Å²) in [5.41, 5.74) is 9.84. The van der Waals surface area contributed by atoms with Gasteiger partial charge in [-0.15, -0.1) is 102 Å². The molecule has 1 aliphatic rings. The molecule has 0 N–H and O–H groups in total. The molecule has 1 atom stereocenters. The highest BCUT2D eigenvalue weighted by Crippen LogP contribution is 2.64. The van der Waals surface area contributed by atoms with Crippen molar-refractivity contribution in [1.29, 1.82) is 0 Å². The van der Waals surface area contributed by atoms with Crippen molar-refractivity contribution in [2.24, 2.45) is 0 Å². The molecule has 0 spiro atoms. The van der Waals surface area contributed by atoms with Gasteiger partial charge >= 0.3 is 0 Å². The molecule has 12 aromatic rings. The number of hydrogen-bond donors (Lipinski definition) is 0. The first-order chi connectivity index (χ1) is 37.9. The van der Waals surface area contributed by atoms with Gasteiger partial charge in [-0.3, -0.25) is 0 Å². The predicted octanol–water partition coefficient (Wildman–Crippen LogP) is 25.7. The lowest BCUT2D eigenvalue weighted by molar-refractivity contribution is 0.603. The van der Waals surface area contributed by atoms with Crippen molar-refractivity contribution in [2.75, 3.05) is 0 Å². The highest BCUT2D eigenvalue weighted by molar-refractivity contribution is 8.01. The Kier molecular flexibility index (Phi) is 13.5. The number of hydrogen-bond acceptors (Lipinski definition) is 9. The molecule has 0 saturated carbocycles. The highest BCUT2D eigenvalue weighted by Gasteiger charge is 2.44. The molecular formula is C71H66S9. The van der Waals surface area contributed by atoms with E-state index >= 15 is 0 Å². The van der Waals surface area contributed by atoms with Gasteiger partial charge < -0.3 is 0 Å². The molecule has 0 bridgehead atoms. The lowest BCUT2D eigenvalue weighted by Gasteiger charge is -2.32. The van der Waals surface area contributed by atoms with Crippen molar-refractivity contribution in [1.82, 2.24) is 0 Å². The van der Waals surface area contributed by atoms with Crippen LogP contribution in [-0.4, -0.2) is 0 Å². The van der Waals surface area contributed by atoms with Gasteiger partial charge in [0.1, 0.15) is 0 Å². The van der Waals surface area contributed by atoms with Gasteiger partial charge in [-0.05, 0) is 212 Å². The minimum absolute atomic E-state index is 0.103. The van der Waals surface area contributed by atoms with E-state index in [1.165, 1.54) is 143 Å². The summed E-state index contributed by atoms with van der Waals surface area (Å²) in [6.45, 7) is 32.8. The van der Waals surface area contributed by atoms with Crippen molar-refractivity contribution in [3.63, 3.8) is 0 Å². The Labute approximate surface area is 509 Å². The summed E-state index contributed by atoms with van der Waals surface area (Å²) >= 11 is 17.6. The predicted molar refractivity (Wildman–Crippen MR) is 366 cm³/mol. The van der Waals surface area contributed by atoms with Crippen LogP contribution in [0.1, 0.15) is 126 Å². The number of rotatable bonds is 9. The van der Waals surface area contributed by atoms with Gasteiger partial charge in [-0.1, -0.05) is 107 Å². The first-order valence-electron chi connectivity index (χ1n) is 27.6. The Balaban J connectivity index is 1.01. The fourth-order valence-electron chi connectivity index (χ4n) is 11.3. The van der Waals surface area contributed by atoms with Gasteiger partial charge in [0, 0.05) is 88.3 Å². The average Bonchev–Trinajstić information content (AvgIpc) is 4.42. The fraction of sp³-hybridized carbons (Fsp3) is 0.268. The van der Waals surface area contributed by atoms with Crippen LogP contribution < -0.4 is 0 Å². The van der Waals surface area contributed by atoms with E-state index in [1.54, 1.807) is 0 Å². The van der Waals surface area contributed by atoms with Gasteiger partial charge in [0.25, 0.3) is 0 Å². The van der Waals surface area contributed by atoms with Crippen LogP contribution in [-0.2, 0) is 26.4 Å². The number of benzene rings is 4. The zero-order valence-electron chi connectivity index (χ0n) is 48.0. The SMILES string of the molecule is Cc1cc(-c2ccc(-c3ccc(C(C)(C)C)s3)s2)cc2ccc(-c3ccc(-c4ccc(C(C)(C)C)s4)s3)c([C@@]3(C)Sc4cc(-c5ccc(-c6ccc(C(C)(C)C)s6)s5)cc5ccc(-c6ccc(-c7ccc(C(C)(C)C)s7)s6)c3c45)c12. The Bertz CT molecular complexity index is 4350. The zero-order valence-corrected chi connectivity index (χ0v) is 55.4. The van der Waals surface area contributed by atoms with E-state index in [9.17, 15) is 0 Å². The molecule has 1 aliphatic heterocycles. The summed E-state index contributed by atoms with van der Waals surface area (Å²) in [7, 11) is 0. The molecule has 0 amide bonds. The lowest BCUT2D eigenvalue weighted by Crippen LogP contribution is -2.19. The quantitative estimate of drug-likeness (QED) is 0.139. The number of thioether (sulfide) groups is 1. The van der Waals surface area contributed by atoms with Crippen LogP contribution >= 0.6 is 102 Å². The van der Waals surface area contributed by atoms with Crippen molar-refractivity contribution in [3.8, 4) is 80.8 Å². The van der Waals surface area contributed by atoms with Crippen LogP contribution in [0.5, 0.6) is 0 Å². The lowest BCUT2D eigenvalue weighted by atomic mass is 9.79. The zero-order chi connectivity index (χ0) is 56.0. The highest BCUT2D eigenvalue weighted by atomic mass is 32.2. The van der Waals surface area contributed by atoms with Crippen LogP contribution in [0.15, 0.2) is 150 Å². The van der Waals surface area contributed by atoms with Crippen LogP contribution in [0.2, 0.25) is 0 Å². The maximum atomic E-state index is 2.57. The second-order valence-corrected chi connectivity index (χ2v) is 36.0. The van der Waals surface area contributed by atoms with Gasteiger partial charge in [-0.2, -0.15) is 0 Å². The van der Waals surface area contributed by atoms with Crippen molar-refractivity contribution < 1.29 is 0 Å². The summed E-state index contributed by atoms with van der Waals surface area (Å²) < 4.78 is -0.475. The molecular weight excluding hydrogens is 1140 g/mol. The van der Waals surface area contributed by atoms with E-state index in [0.717, 1.165) is 0 Å². The Morgan fingerprint density at radius 1 is 0.300 bits per heavy atom. The topological polar surface area (TPSA) is 0 Å². The summed E-state index contributed by atoms with van der Waals surface area (Å²) in [5.74, 6) is 0. The standard InChI is InChI=1S/C71H66S9/c1-39-35-42(46-19-23-50(72-46)54-27-31-59(76-54)67(2,3)4)36-40-15-17-44(48-21-25-52(74-48)56-29-33-61(78-56)69(8,9)10)65(63(39)40)71(14)66-45(49-22-26-53(75-49)57-30-34-62(79-57)70(11,12)13)18-16-41-37-43(38-58(80-71)64(41)66)47-20-24-51(73-47)55-28-32-60(77-55)68(5,6)7/h15-38H,1-14H3/t71-/m1/s1. The minimum atomic E-state index is -0.475. The molecule has 0 unspecified atom stereocenters. The third-order valence-corrected chi connectivity index (χ3v) is 28.2. The molecule has 0 fully saturated rings. The molecule has 0 saturated heterocycles. The molecule has 0 radical (unpaired) electrons. The monoisotopic (exact) mass is 1210 g/mol. The Hall–Kier alpha value is -4.65. The summed E-state index contributed by atoms with van der Waals surface area (Å²) in [4.78, 5) is 23.0. The molecule has 13 rings (SSSR count). The van der Waals surface area contributed by atoms with Crippen molar-refractivity contribution in [3.05, 3.63) is 182 Å². The maximum Gasteiger partial charge on any atom is 0.0701 e. The number of thiophene rings is 8. The van der Waals surface area contributed by atoms with Gasteiger partial charge in [0.05, 0.1) is 4.75 Å². The smallest absolute Gasteiger partial charge is 0.0701 e. The molecule has 9 heteroatoms. The molecule has 0 nitrogen and oxygen atoms in total. The van der Waals surface area contributed by atoms with E-state index < -0.39 is 4.75 Å². The summed E-state index contributed by atoms with van der Waals surface area (Å²) in [6, 6.07) is 57.4. The summed E-state index contributed by atoms with van der Waals surface area (Å²) in [5, 5.41) is 5.34. The third kappa shape index (κ3) is 9.76. The second kappa shape index (κ2) is 19.7. The minimum Gasteiger partial charge on any atom is -0.139 e. The molecule has 404 valence electrons.